The molecule has 1 unspecified atom stereocenters. The predicted octanol–water partition coefficient (Wildman–Crippen LogP) is 2.94. The molecule has 1 aliphatic heterocycles. The first kappa shape index (κ1) is 18.2. The van der Waals surface area contributed by atoms with Crippen molar-refractivity contribution in [1.82, 2.24) is 15.5 Å². The topological polar surface area (TPSA) is 39.7 Å². The van der Waals surface area contributed by atoms with E-state index in [1.165, 1.54) is 44.7 Å². The first-order valence-electron chi connectivity index (χ1n) is 9.70. The van der Waals surface area contributed by atoms with E-state index in [0.717, 1.165) is 43.5 Å². The van der Waals surface area contributed by atoms with Gasteiger partial charge in [-0.2, -0.15) is 0 Å². The number of halogens is 1. The zero-order chi connectivity index (χ0) is 17.5. The van der Waals surface area contributed by atoms with Crippen LogP contribution >= 0.6 is 0 Å². The fraction of sp³-hybridized carbons (Fsp3) is 0.650. The van der Waals surface area contributed by atoms with Crippen molar-refractivity contribution in [1.29, 1.82) is 0 Å². The van der Waals surface area contributed by atoms with Gasteiger partial charge in [0, 0.05) is 38.8 Å². The van der Waals surface area contributed by atoms with Crippen LogP contribution in [0.2, 0.25) is 0 Å². The van der Waals surface area contributed by atoms with Crippen molar-refractivity contribution >= 4 is 5.96 Å². The van der Waals surface area contributed by atoms with Crippen LogP contribution in [0.25, 0.3) is 0 Å². The Bertz CT molecular complexity index is 569. The van der Waals surface area contributed by atoms with E-state index in [1.807, 2.05) is 13.1 Å². The van der Waals surface area contributed by atoms with Gasteiger partial charge in [-0.1, -0.05) is 25.0 Å². The number of guanidine groups is 1. The molecule has 1 saturated heterocycles. The van der Waals surface area contributed by atoms with Crippen LogP contribution in [0.15, 0.2) is 29.3 Å². The number of aryl methyl sites for hydroxylation is 1. The van der Waals surface area contributed by atoms with E-state index in [4.69, 9.17) is 0 Å². The van der Waals surface area contributed by atoms with Crippen molar-refractivity contribution in [3.63, 3.8) is 0 Å². The van der Waals surface area contributed by atoms with Gasteiger partial charge in [-0.3, -0.25) is 9.89 Å². The van der Waals surface area contributed by atoms with Crippen molar-refractivity contribution in [2.24, 2.45) is 4.99 Å². The third-order valence-corrected chi connectivity index (χ3v) is 5.45. The van der Waals surface area contributed by atoms with Gasteiger partial charge >= 0.3 is 0 Å². The molecule has 138 valence electrons. The number of rotatable bonds is 6. The Morgan fingerprint density at radius 1 is 1.28 bits per heavy atom. The molecule has 3 rings (SSSR count). The Balaban J connectivity index is 1.35. The van der Waals surface area contributed by atoms with Crippen LogP contribution in [0.3, 0.4) is 0 Å². The Labute approximate surface area is 150 Å². The Morgan fingerprint density at radius 2 is 2.12 bits per heavy atom. The molecule has 1 aromatic carbocycles. The van der Waals surface area contributed by atoms with Gasteiger partial charge in [-0.05, 0) is 49.8 Å². The molecule has 1 atom stereocenters. The van der Waals surface area contributed by atoms with Crippen molar-refractivity contribution in [3.05, 3.63) is 35.6 Å². The van der Waals surface area contributed by atoms with Gasteiger partial charge in [0.05, 0.1) is 0 Å². The normalized spacial score (nSPS) is 22.5. The molecule has 5 heteroatoms. The number of aliphatic imine (C=N–C) groups is 1. The average molecular weight is 346 g/mol. The summed E-state index contributed by atoms with van der Waals surface area (Å²) in [5, 5.41) is 6.96. The summed E-state index contributed by atoms with van der Waals surface area (Å²) in [6.45, 7) is 3.18. The van der Waals surface area contributed by atoms with Gasteiger partial charge in [-0.15, -0.1) is 0 Å². The number of likely N-dealkylation sites (tertiary alicyclic amines) is 1. The van der Waals surface area contributed by atoms with Crippen LogP contribution in [-0.2, 0) is 6.42 Å². The highest BCUT2D eigenvalue weighted by Crippen LogP contribution is 2.26. The van der Waals surface area contributed by atoms with Crippen LogP contribution in [0.5, 0.6) is 0 Å². The molecular formula is C20H31FN4. The maximum Gasteiger partial charge on any atom is 0.191 e. The molecule has 2 fully saturated rings. The molecule has 25 heavy (non-hydrogen) atoms. The molecule has 0 radical (unpaired) electrons. The van der Waals surface area contributed by atoms with Crippen LogP contribution in [0, 0.1) is 5.82 Å². The minimum atomic E-state index is -0.156. The molecule has 1 aromatic rings. The fourth-order valence-corrected chi connectivity index (χ4v) is 4.09. The zero-order valence-corrected chi connectivity index (χ0v) is 15.3. The highest BCUT2D eigenvalue weighted by atomic mass is 19.1. The molecule has 1 aliphatic carbocycles. The SMILES string of the molecule is CN=C(NCCCc1cccc(F)c1)NC1CCN(C2CCCC2)C1. The number of hydrogen-bond donors (Lipinski definition) is 2. The molecule has 0 spiro atoms. The van der Waals surface area contributed by atoms with Gasteiger partial charge in [-0.25, -0.2) is 4.39 Å². The van der Waals surface area contributed by atoms with E-state index in [-0.39, 0.29) is 5.82 Å². The molecule has 2 N–H and O–H groups in total. The maximum atomic E-state index is 13.2. The molecule has 4 nitrogen and oxygen atoms in total. The van der Waals surface area contributed by atoms with Gasteiger partial charge in [0.15, 0.2) is 5.96 Å². The van der Waals surface area contributed by atoms with E-state index < -0.39 is 0 Å². The predicted molar refractivity (Wildman–Crippen MR) is 101 cm³/mol. The van der Waals surface area contributed by atoms with Crippen molar-refractivity contribution in [2.75, 3.05) is 26.7 Å². The second kappa shape index (κ2) is 9.18. The Hall–Kier alpha value is -1.62. The smallest absolute Gasteiger partial charge is 0.191 e. The second-order valence-electron chi connectivity index (χ2n) is 7.30. The van der Waals surface area contributed by atoms with E-state index in [1.54, 1.807) is 12.1 Å². The molecule has 0 aromatic heterocycles. The van der Waals surface area contributed by atoms with Crippen molar-refractivity contribution in [2.45, 2.75) is 57.0 Å². The highest BCUT2D eigenvalue weighted by Gasteiger charge is 2.30. The molecule has 2 aliphatic rings. The Kier molecular flexibility index (Phi) is 6.68. The van der Waals surface area contributed by atoms with Crippen LogP contribution in [-0.4, -0.2) is 49.6 Å². The van der Waals surface area contributed by atoms with Crippen LogP contribution < -0.4 is 10.6 Å². The summed E-state index contributed by atoms with van der Waals surface area (Å²) in [5.41, 5.74) is 1.05. The Morgan fingerprint density at radius 3 is 2.88 bits per heavy atom. The van der Waals surface area contributed by atoms with Gasteiger partial charge in [0.2, 0.25) is 0 Å². The van der Waals surface area contributed by atoms with E-state index in [0.29, 0.717) is 6.04 Å². The number of nitrogens with one attached hydrogen (secondary N) is 2. The van der Waals surface area contributed by atoms with Crippen molar-refractivity contribution < 1.29 is 4.39 Å². The van der Waals surface area contributed by atoms with Crippen molar-refractivity contribution in [3.8, 4) is 0 Å². The third-order valence-electron chi connectivity index (χ3n) is 5.45. The van der Waals surface area contributed by atoms with E-state index >= 15 is 0 Å². The number of benzene rings is 1. The van der Waals surface area contributed by atoms with Gasteiger partial charge in [0.25, 0.3) is 0 Å². The first-order chi connectivity index (χ1) is 12.2. The van der Waals surface area contributed by atoms with Gasteiger partial charge < -0.3 is 10.6 Å². The number of hydrogen-bond acceptors (Lipinski definition) is 2. The zero-order valence-electron chi connectivity index (χ0n) is 15.3. The summed E-state index contributed by atoms with van der Waals surface area (Å²) in [4.78, 5) is 7.00. The molecular weight excluding hydrogens is 315 g/mol. The fourth-order valence-electron chi connectivity index (χ4n) is 4.09. The van der Waals surface area contributed by atoms with Crippen LogP contribution in [0.4, 0.5) is 4.39 Å². The largest absolute Gasteiger partial charge is 0.356 e. The lowest BCUT2D eigenvalue weighted by atomic mass is 10.1. The summed E-state index contributed by atoms with van der Waals surface area (Å²) in [5.74, 6) is 0.730. The molecule has 1 saturated carbocycles. The quantitative estimate of drug-likeness (QED) is 0.473. The van der Waals surface area contributed by atoms with Gasteiger partial charge in [0.1, 0.15) is 5.82 Å². The minimum Gasteiger partial charge on any atom is -0.356 e. The van der Waals surface area contributed by atoms with E-state index in [2.05, 4.69) is 20.5 Å². The maximum absolute atomic E-state index is 13.2. The summed E-state index contributed by atoms with van der Waals surface area (Å²) < 4.78 is 13.2. The molecule has 0 bridgehead atoms. The standard InChI is InChI=1S/C20H31FN4/c1-22-20(23-12-5-7-16-6-4-8-17(21)14-16)24-18-11-13-25(15-18)19-9-2-3-10-19/h4,6,8,14,18-19H,2-3,5,7,9-13,15H2,1H3,(H2,22,23,24). The summed E-state index contributed by atoms with van der Waals surface area (Å²) in [6.07, 6.45) is 8.57. The molecule has 0 amide bonds. The summed E-state index contributed by atoms with van der Waals surface area (Å²) in [6, 6.07) is 8.16. The molecule has 1 heterocycles. The second-order valence-corrected chi connectivity index (χ2v) is 7.30. The summed E-state index contributed by atoms with van der Waals surface area (Å²) >= 11 is 0. The lowest BCUT2D eigenvalue weighted by Gasteiger charge is -2.24. The highest BCUT2D eigenvalue weighted by molar-refractivity contribution is 5.80. The first-order valence-corrected chi connectivity index (χ1v) is 9.70. The monoisotopic (exact) mass is 346 g/mol. The minimum absolute atomic E-state index is 0.156. The summed E-state index contributed by atoms with van der Waals surface area (Å²) in [7, 11) is 1.82. The number of nitrogens with zero attached hydrogens (tertiary/aromatic N) is 2. The van der Waals surface area contributed by atoms with E-state index in [9.17, 15) is 4.39 Å². The lowest BCUT2D eigenvalue weighted by molar-refractivity contribution is 0.242. The lowest BCUT2D eigenvalue weighted by Crippen LogP contribution is -2.45. The average Bonchev–Trinajstić information content (AvgIpc) is 3.29. The van der Waals surface area contributed by atoms with Crippen LogP contribution in [0.1, 0.15) is 44.1 Å². The third kappa shape index (κ3) is 5.43.